The molecular formula is C22H24B4F3N7O2. The molecule has 0 aliphatic carbocycles. The highest BCUT2D eigenvalue weighted by Gasteiger charge is 2.60. The van der Waals surface area contributed by atoms with E-state index in [9.17, 15) is 28.0 Å². The lowest BCUT2D eigenvalue weighted by atomic mass is 9.35. The molecule has 16 heteroatoms. The second kappa shape index (κ2) is 8.31. The summed E-state index contributed by atoms with van der Waals surface area (Å²) in [6.07, 6.45) is -3.68. The Hall–Kier alpha value is -3.88. The number of hydrogen-bond acceptors (Lipinski definition) is 6. The third kappa shape index (κ3) is 3.67. The topological polar surface area (TPSA) is 121 Å². The van der Waals surface area contributed by atoms with Crippen molar-refractivity contribution in [1.82, 2.24) is 19.5 Å². The third-order valence-corrected chi connectivity index (χ3v) is 7.76. The molecule has 3 aromatic rings. The molecule has 0 bridgehead atoms. The SMILES string of the molecule is BC1(B)N(c2cc(-c3cc(C(F)(F)F)c4c(N)ncnn34)ccc2C#N)C(=O)C(C)(C)N(C(C)=O)C1(B)B. The minimum atomic E-state index is -4.73. The number of nitrogen functional groups attached to an aromatic ring is 1. The number of fused-ring (bicyclic) bond motifs is 1. The van der Waals surface area contributed by atoms with Gasteiger partial charge in [0.1, 0.15) is 54.8 Å². The monoisotopic (exact) mass is 519 g/mol. The van der Waals surface area contributed by atoms with Crippen LogP contribution in [0.5, 0.6) is 0 Å². The highest BCUT2D eigenvalue weighted by Crippen LogP contribution is 2.44. The Bertz CT molecular complexity index is 1550. The van der Waals surface area contributed by atoms with E-state index in [2.05, 4.69) is 16.2 Å². The summed E-state index contributed by atoms with van der Waals surface area (Å²) in [7, 11) is 7.24. The number of nitriles is 1. The molecule has 192 valence electrons. The zero-order valence-corrected chi connectivity index (χ0v) is 22.1. The van der Waals surface area contributed by atoms with Crippen LogP contribution in [0.15, 0.2) is 30.6 Å². The van der Waals surface area contributed by atoms with Crippen molar-refractivity contribution < 1.29 is 22.8 Å². The molecule has 0 saturated carbocycles. The van der Waals surface area contributed by atoms with Crippen molar-refractivity contribution in [2.75, 3.05) is 10.6 Å². The molecule has 9 nitrogen and oxygen atoms in total. The van der Waals surface area contributed by atoms with Gasteiger partial charge in [0, 0.05) is 12.5 Å². The first-order valence-corrected chi connectivity index (χ1v) is 11.8. The van der Waals surface area contributed by atoms with E-state index in [1.54, 1.807) is 29.5 Å². The number of anilines is 2. The van der Waals surface area contributed by atoms with Gasteiger partial charge in [-0.15, -0.1) is 0 Å². The normalized spacial score (nSPS) is 18.4. The summed E-state index contributed by atoms with van der Waals surface area (Å²) in [5.41, 5.74) is 3.78. The molecule has 0 radical (unpaired) electrons. The summed E-state index contributed by atoms with van der Waals surface area (Å²) in [5, 5.41) is 12.0. The zero-order chi connectivity index (χ0) is 28.6. The summed E-state index contributed by atoms with van der Waals surface area (Å²) < 4.78 is 42.7. The zero-order valence-electron chi connectivity index (χ0n) is 22.1. The molecule has 1 saturated heterocycles. The van der Waals surface area contributed by atoms with Gasteiger partial charge in [-0.1, -0.05) is 6.07 Å². The van der Waals surface area contributed by atoms with E-state index in [1.807, 2.05) is 15.7 Å². The van der Waals surface area contributed by atoms with E-state index in [0.717, 1.165) is 16.9 Å². The van der Waals surface area contributed by atoms with Crippen molar-refractivity contribution in [2.45, 2.75) is 43.2 Å². The lowest BCUT2D eigenvalue weighted by molar-refractivity contribution is -0.150. The number of alkyl halides is 3. The van der Waals surface area contributed by atoms with Crippen LogP contribution in [0.2, 0.25) is 0 Å². The van der Waals surface area contributed by atoms with Crippen LogP contribution in [0, 0.1) is 11.3 Å². The average Bonchev–Trinajstić information content (AvgIpc) is 3.19. The molecule has 1 aromatic carbocycles. The maximum Gasteiger partial charge on any atom is 0.418 e. The predicted octanol–water partition coefficient (Wildman–Crippen LogP) is -1.32. The van der Waals surface area contributed by atoms with Crippen LogP contribution in [0.1, 0.15) is 31.9 Å². The Morgan fingerprint density at radius 1 is 1.13 bits per heavy atom. The van der Waals surface area contributed by atoms with Gasteiger partial charge in [-0.05, 0) is 42.7 Å². The largest absolute Gasteiger partial charge is 0.418 e. The number of aromatic nitrogens is 3. The summed E-state index contributed by atoms with van der Waals surface area (Å²) in [5.74, 6) is -1.06. The number of nitrogens with zero attached hydrogens (tertiary/aromatic N) is 6. The number of amides is 2. The average molecular weight is 519 g/mol. The molecule has 0 spiro atoms. The number of hydrogen-bond donors (Lipinski definition) is 1. The number of carbonyl (C=O) groups excluding carboxylic acids is 2. The number of rotatable bonds is 2. The van der Waals surface area contributed by atoms with Gasteiger partial charge in [0.2, 0.25) is 5.91 Å². The number of halogens is 3. The van der Waals surface area contributed by atoms with Crippen molar-refractivity contribution in [1.29, 1.82) is 5.26 Å². The molecule has 1 aliphatic rings. The molecule has 0 unspecified atom stereocenters. The van der Waals surface area contributed by atoms with Crippen LogP contribution in [-0.4, -0.2) is 78.9 Å². The first-order valence-electron chi connectivity index (χ1n) is 11.8. The highest BCUT2D eigenvalue weighted by molar-refractivity contribution is 6.58. The van der Waals surface area contributed by atoms with Crippen LogP contribution >= 0.6 is 0 Å². The number of piperazine rings is 1. The maximum atomic E-state index is 14.0. The van der Waals surface area contributed by atoms with Crippen molar-refractivity contribution in [3.63, 3.8) is 0 Å². The van der Waals surface area contributed by atoms with Gasteiger partial charge in [0.05, 0.1) is 22.5 Å². The molecule has 0 atom stereocenters. The van der Waals surface area contributed by atoms with Crippen LogP contribution in [0.25, 0.3) is 16.8 Å². The molecular weight excluding hydrogens is 495 g/mol. The van der Waals surface area contributed by atoms with Crippen molar-refractivity contribution >= 4 is 60.2 Å². The third-order valence-electron chi connectivity index (χ3n) is 7.76. The van der Waals surface area contributed by atoms with Crippen LogP contribution in [-0.2, 0) is 15.8 Å². The minimum Gasteiger partial charge on any atom is -0.382 e. The lowest BCUT2D eigenvalue weighted by Gasteiger charge is -2.65. The van der Waals surface area contributed by atoms with Crippen LogP contribution in [0.4, 0.5) is 24.7 Å². The van der Waals surface area contributed by atoms with Gasteiger partial charge >= 0.3 is 6.18 Å². The van der Waals surface area contributed by atoms with Crippen LogP contribution in [0.3, 0.4) is 0 Å². The predicted molar refractivity (Wildman–Crippen MR) is 146 cm³/mol. The maximum absolute atomic E-state index is 14.0. The highest BCUT2D eigenvalue weighted by atomic mass is 19.4. The first-order chi connectivity index (χ1) is 17.4. The Morgan fingerprint density at radius 3 is 2.32 bits per heavy atom. The summed E-state index contributed by atoms with van der Waals surface area (Å²) in [6, 6.07) is 7.43. The lowest BCUT2D eigenvalue weighted by Crippen LogP contribution is -2.85. The van der Waals surface area contributed by atoms with E-state index in [4.69, 9.17) is 5.73 Å². The summed E-state index contributed by atoms with van der Waals surface area (Å²) in [6.45, 7) is 4.66. The number of benzene rings is 1. The molecule has 2 N–H and O–H groups in total. The Morgan fingerprint density at radius 2 is 1.76 bits per heavy atom. The van der Waals surface area contributed by atoms with E-state index in [0.29, 0.717) is 0 Å². The van der Waals surface area contributed by atoms with Gasteiger partial charge in [-0.3, -0.25) is 9.59 Å². The molecule has 2 amide bonds. The van der Waals surface area contributed by atoms with Crippen LogP contribution < -0.4 is 10.6 Å². The van der Waals surface area contributed by atoms with E-state index >= 15 is 0 Å². The van der Waals surface area contributed by atoms with Gasteiger partial charge in [-0.25, -0.2) is 9.50 Å². The smallest absolute Gasteiger partial charge is 0.382 e. The second-order valence-corrected chi connectivity index (χ2v) is 10.9. The van der Waals surface area contributed by atoms with E-state index in [1.165, 1.54) is 34.9 Å². The fourth-order valence-corrected chi connectivity index (χ4v) is 5.53. The molecule has 38 heavy (non-hydrogen) atoms. The van der Waals surface area contributed by atoms with E-state index in [-0.39, 0.29) is 34.2 Å². The van der Waals surface area contributed by atoms with Gasteiger partial charge in [0.25, 0.3) is 5.91 Å². The number of nitrogens with two attached hydrogens (primary N) is 1. The molecule has 4 rings (SSSR count). The summed E-state index contributed by atoms with van der Waals surface area (Å²) in [4.78, 5) is 33.4. The second-order valence-electron chi connectivity index (χ2n) is 10.9. The van der Waals surface area contributed by atoms with Gasteiger partial charge < -0.3 is 15.5 Å². The number of carbonyl (C=O) groups is 2. The fraction of sp³-hybridized carbons (Fsp3) is 0.318. The molecule has 2 aromatic heterocycles. The quantitative estimate of drug-likeness (QED) is 0.420. The fourth-order valence-electron chi connectivity index (χ4n) is 5.53. The Labute approximate surface area is 220 Å². The van der Waals surface area contributed by atoms with Gasteiger partial charge in [0.15, 0.2) is 5.82 Å². The van der Waals surface area contributed by atoms with Crippen molar-refractivity contribution in [2.24, 2.45) is 0 Å². The summed E-state index contributed by atoms with van der Waals surface area (Å²) >= 11 is 0. The molecule has 1 aliphatic heterocycles. The first kappa shape index (κ1) is 27.2. The minimum absolute atomic E-state index is 0.0540. The van der Waals surface area contributed by atoms with Gasteiger partial charge in [-0.2, -0.15) is 23.5 Å². The Kier molecular flexibility index (Phi) is 5.94. The van der Waals surface area contributed by atoms with Crippen molar-refractivity contribution in [3.05, 3.63) is 41.7 Å². The molecule has 3 heterocycles. The Balaban J connectivity index is 2.01. The molecule has 1 fully saturated rings. The van der Waals surface area contributed by atoms with E-state index < -0.39 is 39.4 Å². The standard InChI is InChI=1S/C22H24B4F3N7O2/c1-10(37)36-19(2,3)18(38)34(21(23,24)22(36,25)26)14-6-11(4-5-12(14)8-30)15-7-13(20(27,28)29)16-17(31)32-9-33-35(15)16/h4-7,9H,23-26H2,1-3H3,(H2,31,32,33). The van der Waals surface area contributed by atoms with Crippen molar-refractivity contribution in [3.8, 4) is 17.3 Å².